The number of thioether (sulfide) groups is 1. The van der Waals surface area contributed by atoms with Gasteiger partial charge in [-0.25, -0.2) is 4.79 Å². The lowest BCUT2D eigenvalue weighted by Crippen LogP contribution is -2.30. The molecule has 270 valence electrons. The number of nitrogens with zero attached hydrogens (tertiary/aromatic N) is 1. The van der Waals surface area contributed by atoms with Crippen LogP contribution in [0.3, 0.4) is 0 Å². The third-order valence-electron chi connectivity index (χ3n) is 8.31. The molecule has 1 aliphatic rings. The summed E-state index contributed by atoms with van der Waals surface area (Å²) in [5, 5.41) is 9.54. The van der Waals surface area contributed by atoms with E-state index in [4.69, 9.17) is 27.9 Å². The molecule has 9 nitrogen and oxygen atoms in total. The van der Waals surface area contributed by atoms with Crippen molar-refractivity contribution in [3.05, 3.63) is 152 Å². The summed E-state index contributed by atoms with van der Waals surface area (Å²) in [6, 6.07) is 30.6. The van der Waals surface area contributed by atoms with Crippen LogP contribution in [0.25, 0.3) is 6.08 Å². The molecular weight excluding hydrogens is 752 g/mol. The third kappa shape index (κ3) is 9.75. The number of halogens is 2. The number of benzene rings is 4. The van der Waals surface area contributed by atoms with Gasteiger partial charge in [0.25, 0.3) is 11.8 Å². The fourth-order valence-electron chi connectivity index (χ4n) is 5.75. The summed E-state index contributed by atoms with van der Waals surface area (Å²) < 4.78 is 5.11. The Labute approximate surface area is 325 Å². The monoisotopic (exact) mass is 784 g/mol. The normalized spacial score (nSPS) is 12.8. The third-order valence-corrected chi connectivity index (χ3v) is 11.1. The van der Waals surface area contributed by atoms with Crippen LogP contribution in [-0.2, 0) is 33.8 Å². The molecule has 53 heavy (non-hydrogen) atoms. The zero-order valence-corrected chi connectivity index (χ0v) is 31.6. The average Bonchev–Trinajstić information content (AvgIpc) is 3.52. The highest BCUT2D eigenvalue weighted by atomic mass is 35.5. The minimum atomic E-state index is -0.607. The number of amides is 3. The fraction of sp³-hybridized carbons (Fsp3) is 0.150. The molecule has 0 radical (unpaired) electrons. The largest absolute Gasteiger partial charge is 0.465 e. The standard InChI is InChI=1S/C40H34Cl2N4O5S2/c1-51-40(50)36-29-18-19-46(22-25-10-4-2-5-11-25)23-34(29)53-39(36)45-35(47)24-52-28-15-8-14-27(20-28)43-38(49)33(21-30-31(41)16-9-17-32(30)42)44-37(48)26-12-6-3-7-13-26/h2-17,20-21H,18-19,22-24H2,1H3,(H,43,49)(H,44,48)(H,45,47)/b33-21+. The quantitative estimate of drug-likeness (QED) is 0.0660. The lowest BCUT2D eigenvalue weighted by molar-refractivity contribution is -0.114. The zero-order chi connectivity index (χ0) is 37.3. The molecule has 3 N–H and O–H groups in total. The summed E-state index contributed by atoms with van der Waals surface area (Å²) in [6.45, 7) is 2.24. The minimum Gasteiger partial charge on any atom is -0.465 e. The maximum absolute atomic E-state index is 13.6. The number of fused-ring (bicyclic) bond motifs is 1. The number of hydrogen-bond donors (Lipinski definition) is 3. The molecule has 13 heteroatoms. The molecule has 0 bridgehead atoms. The van der Waals surface area contributed by atoms with Crippen molar-refractivity contribution in [2.24, 2.45) is 0 Å². The van der Waals surface area contributed by atoms with E-state index in [1.807, 2.05) is 24.3 Å². The molecule has 3 amide bonds. The minimum absolute atomic E-state index is 0.0456. The van der Waals surface area contributed by atoms with E-state index in [0.29, 0.717) is 55.3 Å². The molecule has 0 aliphatic carbocycles. The van der Waals surface area contributed by atoms with Gasteiger partial charge in [0.1, 0.15) is 10.7 Å². The van der Waals surface area contributed by atoms with E-state index in [1.54, 1.807) is 66.7 Å². The number of nitrogens with one attached hydrogen (secondary N) is 3. The summed E-state index contributed by atoms with van der Waals surface area (Å²) >= 11 is 15.4. The van der Waals surface area contributed by atoms with Crippen molar-refractivity contribution in [1.29, 1.82) is 0 Å². The Kier molecular flexibility index (Phi) is 12.7. The summed E-state index contributed by atoms with van der Waals surface area (Å²) in [5.41, 5.74) is 3.64. The van der Waals surface area contributed by atoms with Gasteiger partial charge in [0, 0.05) is 56.3 Å². The second-order valence-electron chi connectivity index (χ2n) is 12.0. The van der Waals surface area contributed by atoms with Crippen LogP contribution in [0.1, 0.15) is 42.3 Å². The van der Waals surface area contributed by atoms with Crippen molar-refractivity contribution in [3.8, 4) is 0 Å². The van der Waals surface area contributed by atoms with Crippen molar-refractivity contribution in [2.45, 2.75) is 24.4 Å². The SMILES string of the molecule is COC(=O)c1c(NC(=O)CSc2cccc(NC(=O)/C(=C\c3c(Cl)cccc3Cl)NC(=O)c3ccccc3)c2)sc2c1CCN(Cc1ccccc1)C2. The van der Waals surface area contributed by atoms with E-state index in [-0.39, 0.29) is 17.4 Å². The average molecular weight is 786 g/mol. The van der Waals surface area contributed by atoms with Crippen molar-refractivity contribution < 1.29 is 23.9 Å². The van der Waals surface area contributed by atoms with Crippen molar-refractivity contribution in [3.63, 3.8) is 0 Å². The van der Waals surface area contributed by atoms with Crippen LogP contribution in [0.2, 0.25) is 10.0 Å². The number of esters is 1. The Hall–Kier alpha value is -4.91. The molecule has 1 aromatic heterocycles. The second kappa shape index (κ2) is 17.7. The number of thiophene rings is 1. The number of carbonyl (C=O) groups is 4. The van der Waals surface area contributed by atoms with Gasteiger partial charge in [-0.1, -0.05) is 83.9 Å². The molecule has 2 heterocycles. The summed E-state index contributed by atoms with van der Waals surface area (Å²) in [5.74, 6) is -1.82. The molecule has 5 aromatic rings. The Morgan fingerprint density at radius 2 is 1.58 bits per heavy atom. The predicted octanol–water partition coefficient (Wildman–Crippen LogP) is 8.54. The molecule has 6 rings (SSSR count). The molecule has 0 atom stereocenters. The number of ether oxygens (including phenoxy) is 1. The van der Waals surface area contributed by atoms with Gasteiger partial charge in [0.2, 0.25) is 5.91 Å². The van der Waals surface area contributed by atoms with E-state index in [2.05, 4.69) is 33.0 Å². The second-order valence-corrected chi connectivity index (χ2v) is 14.9. The van der Waals surface area contributed by atoms with Crippen molar-refractivity contribution in [2.75, 3.05) is 30.0 Å². The van der Waals surface area contributed by atoms with Gasteiger partial charge >= 0.3 is 5.97 Å². The van der Waals surface area contributed by atoms with Crippen LogP contribution in [0, 0.1) is 0 Å². The first kappa shape index (κ1) is 37.8. The smallest absolute Gasteiger partial charge is 0.341 e. The molecule has 0 spiro atoms. The highest BCUT2D eigenvalue weighted by Crippen LogP contribution is 2.38. The van der Waals surface area contributed by atoms with Crippen LogP contribution in [0.15, 0.2) is 114 Å². The van der Waals surface area contributed by atoms with Gasteiger partial charge in [-0.15, -0.1) is 23.1 Å². The van der Waals surface area contributed by atoms with Gasteiger partial charge in [0.15, 0.2) is 0 Å². The van der Waals surface area contributed by atoms with Crippen LogP contribution in [0.4, 0.5) is 10.7 Å². The van der Waals surface area contributed by atoms with E-state index >= 15 is 0 Å². The fourth-order valence-corrected chi connectivity index (χ4v) is 8.30. The lowest BCUT2D eigenvalue weighted by atomic mass is 10.0. The molecule has 1 aliphatic heterocycles. The highest BCUT2D eigenvalue weighted by Gasteiger charge is 2.29. The van der Waals surface area contributed by atoms with E-state index in [0.717, 1.165) is 23.5 Å². The molecule has 0 saturated carbocycles. The molecule has 0 saturated heterocycles. The number of hydrogen-bond acceptors (Lipinski definition) is 8. The first-order valence-corrected chi connectivity index (χ1v) is 19.1. The van der Waals surface area contributed by atoms with Crippen LogP contribution in [-0.4, -0.2) is 48.0 Å². The molecule has 4 aromatic carbocycles. The van der Waals surface area contributed by atoms with E-state index in [1.165, 1.54) is 41.8 Å². The highest BCUT2D eigenvalue weighted by molar-refractivity contribution is 8.00. The lowest BCUT2D eigenvalue weighted by Gasteiger charge is -2.27. The number of carbonyl (C=O) groups excluding carboxylic acids is 4. The molecule has 0 fully saturated rings. The number of methoxy groups -OCH3 is 1. The van der Waals surface area contributed by atoms with E-state index < -0.39 is 17.8 Å². The predicted molar refractivity (Wildman–Crippen MR) is 213 cm³/mol. The Bertz CT molecular complexity index is 2160. The maximum atomic E-state index is 13.6. The van der Waals surface area contributed by atoms with E-state index in [9.17, 15) is 19.2 Å². The Morgan fingerprint density at radius 3 is 2.30 bits per heavy atom. The van der Waals surface area contributed by atoms with Gasteiger partial charge in [0.05, 0.1) is 18.4 Å². The first-order chi connectivity index (χ1) is 25.7. The molecular formula is C40H34Cl2N4O5S2. The van der Waals surface area contributed by atoms with Crippen LogP contribution in [0.5, 0.6) is 0 Å². The summed E-state index contributed by atoms with van der Waals surface area (Å²) in [7, 11) is 1.34. The van der Waals surface area contributed by atoms with Crippen LogP contribution >= 0.6 is 46.3 Å². The number of rotatable bonds is 12. The molecule has 0 unspecified atom stereocenters. The van der Waals surface area contributed by atoms with Crippen molar-refractivity contribution in [1.82, 2.24) is 10.2 Å². The maximum Gasteiger partial charge on any atom is 0.341 e. The Balaban J connectivity index is 1.12. The summed E-state index contributed by atoms with van der Waals surface area (Å²) in [6.07, 6.45) is 2.10. The van der Waals surface area contributed by atoms with Gasteiger partial charge in [-0.3, -0.25) is 19.3 Å². The van der Waals surface area contributed by atoms with Crippen LogP contribution < -0.4 is 16.0 Å². The number of anilines is 2. The van der Waals surface area contributed by atoms with Crippen molar-refractivity contribution >= 4 is 86.8 Å². The topological polar surface area (TPSA) is 117 Å². The first-order valence-electron chi connectivity index (χ1n) is 16.5. The van der Waals surface area contributed by atoms with Gasteiger partial charge < -0.3 is 20.7 Å². The zero-order valence-electron chi connectivity index (χ0n) is 28.5. The Morgan fingerprint density at radius 1 is 0.887 bits per heavy atom. The van der Waals surface area contributed by atoms with Gasteiger partial charge in [-0.2, -0.15) is 0 Å². The summed E-state index contributed by atoms with van der Waals surface area (Å²) in [4.78, 5) is 56.8. The van der Waals surface area contributed by atoms with Gasteiger partial charge in [-0.05, 0) is 66.1 Å².